The Morgan fingerprint density at radius 3 is 2.07 bits per heavy atom. The van der Waals surface area contributed by atoms with Crippen LogP contribution in [0, 0.1) is 0 Å². The molecule has 7 rings (SSSR count). The van der Waals surface area contributed by atoms with Crippen molar-refractivity contribution in [1.29, 1.82) is 0 Å². The number of benzene rings is 5. The minimum atomic E-state index is -0.829. The zero-order chi connectivity index (χ0) is 38.7. The normalized spacial score (nSPS) is 17.1. The number of nitrogens with one attached hydrogen (secondary N) is 2. The van der Waals surface area contributed by atoms with Crippen LogP contribution in [0.1, 0.15) is 46.6 Å². The number of aromatic nitrogens is 1. The fraction of sp³-hybridized carbons (Fsp3) is 0.222. The van der Waals surface area contributed by atoms with Crippen molar-refractivity contribution in [2.45, 2.75) is 55.8 Å². The number of oxazole rings is 1. The molecule has 11 heteroatoms. The molecule has 0 spiro atoms. The van der Waals surface area contributed by atoms with Gasteiger partial charge in [0.1, 0.15) is 11.7 Å². The van der Waals surface area contributed by atoms with Gasteiger partial charge in [-0.1, -0.05) is 151 Å². The number of amides is 2. The monoisotopic (exact) mass is 769 g/mol. The highest BCUT2D eigenvalue weighted by molar-refractivity contribution is 7.99. The van der Waals surface area contributed by atoms with E-state index in [1.165, 1.54) is 18.9 Å². The molecule has 2 amide bonds. The second-order valence-corrected chi connectivity index (χ2v) is 14.4. The van der Waals surface area contributed by atoms with Crippen molar-refractivity contribution < 1.29 is 33.3 Å². The van der Waals surface area contributed by atoms with Crippen LogP contribution in [0.4, 0.5) is 4.79 Å². The molecule has 1 aliphatic rings. The van der Waals surface area contributed by atoms with Gasteiger partial charge in [-0.05, 0) is 22.3 Å². The number of nitrogens with zero attached hydrogens (tertiary/aromatic N) is 1. The van der Waals surface area contributed by atoms with Gasteiger partial charge in [0.15, 0.2) is 12.1 Å². The van der Waals surface area contributed by atoms with Crippen LogP contribution in [0.15, 0.2) is 149 Å². The van der Waals surface area contributed by atoms with E-state index in [1.54, 1.807) is 0 Å². The second-order valence-electron chi connectivity index (χ2n) is 13.4. The number of hydrogen-bond donors (Lipinski definition) is 3. The summed E-state index contributed by atoms with van der Waals surface area (Å²) >= 11 is 1.50. The van der Waals surface area contributed by atoms with E-state index in [-0.39, 0.29) is 25.4 Å². The van der Waals surface area contributed by atoms with Crippen LogP contribution < -0.4 is 10.6 Å². The van der Waals surface area contributed by atoms with Crippen molar-refractivity contribution in [2.75, 3.05) is 12.9 Å². The fourth-order valence-corrected chi connectivity index (χ4v) is 7.34. The van der Waals surface area contributed by atoms with Crippen LogP contribution >= 0.6 is 11.8 Å². The molecule has 56 heavy (non-hydrogen) atoms. The summed E-state index contributed by atoms with van der Waals surface area (Å²) in [5.41, 5.74) is 7.11. The maximum atomic E-state index is 12.8. The Kier molecular flexibility index (Phi) is 12.9. The lowest BCUT2D eigenvalue weighted by Crippen LogP contribution is -2.47. The minimum absolute atomic E-state index is 0.0364. The molecule has 2 heterocycles. The first kappa shape index (κ1) is 38.6. The van der Waals surface area contributed by atoms with Gasteiger partial charge in [-0.25, -0.2) is 14.6 Å². The molecule has 0 unspecified atom stereocenters. The van der Waals surface area contributed by atoms with Gasteiger partial charge in [0.25, 0.3) is 5.22 Å². The maximum absolute atomic E-state index is 12.8. The number of aliphatic hydroxyl groups is 1. The van der Waals surface area contributed by atoms with Gasteiger partial charge in [-0.15, -0.1) is 0 Å². The third-order valence-electron chi connectivity index (χ3n) is 9.48. The number of thioether (sulfide) groups is 1. The molecule has 1 aliphatic heterocycles. The van der Waals surface area contributed by atoms with Gasteiger partial charge in [0, 0.05) is 41.8 Å². The Morgan fingerprint density at radius 1 is 0.786 bits per heavy atom. The van der Waals surface area contributed by atoms with E-state index >= 15 is 0 Å². The summed E-state index contributed by atoms with van der Waals surface area (Å²) < 4.78 is 24.5. The van der Waals surface area contributed by atoms with Crippen molar-refractivity contribution in [3.63, 3.8) is 0 Å². The molecular weight excluding hydrogens is 727 g/mol. The Hall–Kier alpha value is -5.72. The Labute approximate surface area is 330 Å². The van der Waals surface area contributed by atoms with E-state index in [2.05, 4.69) is 10.6 Å². The Balaban J connectivity index is 1.03. The minimum Gasteiger partial charge on any atom is -0.467 e. The van der Waals surface area contributed by atoms with Gasteiger partial charge in [-0.3, -0.25) is 0 Å². The molecule has 1 saturated heterocycles. The highest BCUT2D eigenvalue weighted by atomic mass is 32.2. The van der Waals surface area contributed by atoms with Gasteiger partial charge in [-0.2, -0.15) is 0 Å². The van der Waals surface area contributed by atoms with Gasteiger partial charge in [0.05, 0.1) is 25.9 Å². The molecule has 5 aromatic carbocycles. The molecule has 1 fully saturated rings. The van der Waals surface area contributed by atoms with Crippen molar-refractivity contribution in [1.82, 2.24) is 15.6 Å². The van der Waals surface area contributed by atoms with Crippen LogP contribution in [0.2, 0.25) is 0 Å². The van der Waals surface area contributed by atoms with E-state index in [1.807, 2.05) is 140 Å². The number of carbonyl (C=O) groups excluding carboxylic acids is 2. The quantitative estimate of drug-likeness (QED) is 0.0738. The average molecular weight is 770 g/mol. The van der Waals surface area contributed by atoms with E-state index in [9.17, 15) is 14.7 Å². The zero-order valence-corrected chi connectivity index (χ0v) is 31.7. The standard InChI is InChI=1S/C45H43N3O7S/c1-52-42(50)38(25-30-11-5-2-6-12-30)47-44(51)46-27-31-17-23-36(24-18-31)43-53-37(26-39(54-43)33-21-19-32(28-49)20-22-33)29-56-45-48-40(34-13-7-3-8-14-34)41(55-45)35-15-9-4-10-16-35/h2-24,37-39,43,49H,25-29H2,1H3,(H2,46,47,51)/t37-,38-,39+,43+/m0/s1. The van der Waals surface area contributed by atoms with Crippen LogP contribution in [0.25, 0.3) is 22.6 Å². The number of urea groups is 1. The topological polar surface area (TPSA) is 132 Å². The lowest BCUT2D eigenvalue weighted by Gasteiger charge is -2.36. The lowest BCUT2D eigenvalue weighted by atomic mass is 10.0. The molecule has 3 N–H and O–H groups in total. The number of esters is 1. The zero-order valence-electron chi connectivity index (χ0n) is 30.9. The van der Waals surface area contributed by atoms with E-state index in [4.69, 9.17) is 23.6 Å². The third kappa shape index (κ3) is 9.92. The molecule has 0 bridgehead atoms. The summed E-state index contributed by atoms with van der Waals surface area (Å²) in [6.07, 6.45) is -0.222. The summed E-state index contributed by atoms with van der Waals surface area (Å²) in [6, 6.07) is 43.6. The summed E-state index contributed by atoms with van der Waals surface area (Å²) in [6.45, 7) is 0.203. The molecule has 1 aromatic heterocycles. The van der Waals surface area contributed by atoms with Crippen LogP contribution in [-0.4, -0.2) is 47.1 Å². The van der Waals surface area contributed by atoms with Gasteiger partial charge < -0.3 is 34.4 Å². The van der Waals surface area contributed by atoms with Crippen molar-refractivity contribution in [3.8, 4) is 22.6 Å². The molecule has 6 aromatic rings. The molecule has 0 radical (unpaired) electrons. The molecular formula is C45H43N3O7S. The molecule has 10 nitrogen and oxygen atoms in total. The van der Waals surface area contributed by atoms with Gasteiger partial charge in [0.2, 0.25) is 0 Å². The van der Waals surface area contributed by atoms with E-state index < -0.39 is 24.3 Å². The first-order chi connectivity index (χ1) is 27.4. The fourth-order valence-electron chi connectivity index (χ4n) is 6.50. The Morgan fingerprint density at radius 2 is 1.41 bits per heavy atom. The number of ether oxygens (including phenoxy) is 3. The SMILES string of the molecule is COC(=O)[C@H](Cc1ccccc1)NC(=O)NCc1ccc([C@@H]2O[C@H](CSc3nc(-c4ccccc4)c(-c4ccccc4)o3)C[C@H](c3ccc(CO)cc3)O2)cc1. The predicted molar refractivity (Wildman–Crippen MR) is 214 cm³/mol. The highest BCUT2D eigenvalue weighted by Crippen LogP contribution is 2.41. The van der Waals surface area contributed by atoms with E-state index in [0.717, 1.165) is 50.4 Å². The second kappa shape index (κ2) is 18.7. The largest absolute Gasteiger partial charge is 0.467 e. The molecule has 0 saturated carbocycles. The molecule has 0 aliphatic carbocycles. The van der Waals surface area contributed by atoms with Crippen molar-refractivity contribution in [2.24, 2.45) is 0 Å². The number of hydrogen-bond acceptors (Lipinski definition) is 9. The smallest absolute Gasteiger partial charge is 0.328 e. The van der Waals surface area contributed by atoms with Crippen molar-refractivity contribution in [3.05, 3.63) is 167 Å². The number of rotatable bonds is 14. The molecule has 286 valence electrons. The van der Waals surface area contributed by atoms with Gasteiger partial charge >= 0.3 is 12.0 Å². The Bertz CT molecular complexity index is 2110. The number of carbonyl (C=O) groups is 2. The first-order valence-electron chi connectivity index (χ1n) is 18.5. The van der Waals surface area contributed by atoms with Crippen molar-refractivity contribution >= 4 is 23.8 Å². The summed E-state index contributed by atoms with van der Waals surface area (Å²) in [4.78, 5) is 30.2. The van der Waals surface area contributed by atoms with Crippen LogP contribution in [-0.2, 0) is 38.6 Å². The summed E-state index contributed by atoms with van der Waals surface area (Å²) in [5, 5.41) is 15.7. The highest BCUT2D eigenvalue weighted by Gasteiger charge is 2.33. The van der Waals surface area contributed by atoms with E-state index in [0.29, 0.717) is 23.8 Å². The third-order valence-corrected chi connectivity index (χ3v) is 10.4. The lowest BCUT2D eigenvalue weighted by molar-refractivity contribution is -0.245. The van der Waals surface area contributed by atoms with Crippen LogP contribution in [0.3, 0.4) is 0 Å². The number of aliphatic hydroxyl groups excluding tert-OH is 1. The maximum Gasteiger partial charge on any atom is 0.328 e. The van der Waals surface area contributed by atoms with Crippen LogP contribution in [0.5, 0.6) is 0 Å². The first-order valence-corrected chi connectivity index (χ1v) is 19.4. The number of methoxy groups -OCH3 is 1. The summed E-state index contributed by atoms with van der Waals surface area (Å²) in [5.74, 6) is 0.770. The summed E-state index contributed by atoms with van der Waals surface area (Å²) in [7, 11) is 1.30. The predicted octanol–water partition coefficient (Wildman–Crippen LogP) is 8.42. The molecule has 4 atom stereocenters. The average Bonchev–Trinajstić information content (AvgIpc) is 3.70.